The Bertz CT molecular complexity index is 1160. The summed E-state index contributed by atoms with van der Waals surface area (Å²) in [5.41, 5.74) is 1.35. The number of ether oxygens (including phenoxy) is 2. The predicted molar refractivity (Wildman–Crippen MR) is 141 cm³/mol. The van der Waals surface area contributed by atoms with Crippen LogP contribution in [0.5, 0.6) is 5.75 Å². The molecule has 1 aliphatic rings. The zero-order valence-corrected chi connectivity index (χ0v) is 23.1. The van der Waals surface area contributed by atoms with Crippen LogP contribution in [-0.2, 0) is 32.4 Å². The van der Waals surface area contributed by atoms with Gasteiger partial charge in [0, 0.05) is 11.4 Å². The van der Waals surface area contributed by atoms with Crippen molar-refractivity contribution in [3.8, 4) is 5.75 Å². The van der Waals surface area contributed by atoms with E-state index in [2.05, 4.69) is 12.2 Å². The fourth-order valence-corrected chi connectivity index (χ4v) is 7.08. The maximum absolute atomic E-state index is 13.4. The molecule has 1 aromatic carbocycles. The third-order valence-electron chi connectivity index (χ3n) is 6.10. The molecule has 0 bridgehead atoms. The van der Waals surface area contributed by atoms with E-state index in [1.165, 1.54) is 27.8 Å². The topological polar surface area (TPSA) is 102 Å². The van der Waals surface area contributed by atoms with E-state index in [9.17, 15) is 18.0 Å². The highest BCUT2D eigenvalue weighted by Crippen LogP contribution is 2.40. The highest BCUT2D eigenvalue weighted by atomic mass is 32.2. The Morgan fingerprint density at radius 1 is 1.14 bits per heavy atom. The Morgan fingerprint density at radius 3 is 2.50 bits per heavy atom. The first-order chi connectivity index (χ1) is 17.2. The molecule has 198 valence electrons. The van der Waals surface area contributed by atoms with Crippen molar-refractivity contribution in [2.75, 3.05) is 31.6 Å². The van der Waals surface area contributed by atoms with Crippen molar-refractivity contribution >= 4 is 38.2 Å². The van der Waals surface area contributed by atoms with Crippen LogP contribution in [0.4, 0.5) is 5.00 Å². The van der Waals surface area contributed by atoms with Crippen LogP contribution >= 0.6 is 11.3 Å². The fourth-order valence-electron chi connectivity index (χ4n) is 4.23. The summed E-state index contributed by atoms with van der Waals surface area (Å²) in [6.45, 7) is 8.31. The number of carbonyl (C=O) groups is 2. The van der Waals surface area contributed by atoms with Crippen molar-refractivity contribution in [2.45, 2.75) is 64.7 Å². The second kappa shape index (κ2) is 12.7. The molecule has 0 aliphatic heterocycles. The van der Waals surface area contributed by atoms with E-state index in [4.69, 9.17) is 9.47 Å². The van der Waals surface area contributed by atoms with E-state index >= 15 is 0 Å². The Labute approximate surface area is 218 Å². The first-order valence-corrected chi connectivity index (χ1v) is 14.8. The van der Waals surface area contributed by atoms with E-state index in [-0.39, 0.29) is 24.6 Å². The number of rotatable bonds is 12. The molecule has 1 unspecified atom stereocenters. The number of benzene rings is 1. The quantitative estimate of drug-likeness (QED) is 0.388. The van der Waals surface area contributed by atoms with Crippen LogP contribution in [0, 0.1) is 5.92 Å². The minimum absolute atomic E-state index is 0.0997. The normalized spacial score (nSPS) is 15.4. The van der Waals surface area contributed by atoms with Gasteiger partial charge in [0.1, 0.15) is 10.8 Å². The molecule has 0 saturated heterocycles. The second-order valence-electron chi connectivity index (χ2n) is 8.92. The molecule has 2 aromatic rings. The van der Waals surface area contributed by atoms with Crippen LogP contribution < -0.4 is 10.1 Å². The Hall–Kier alpha value is -2.43. The molecule has 1 aromatic heterocycles. The number of hydrogen-bond donors (Lipinski definition) is 1. The van der Waals surface area contributed by atoms with Crippen LogP contribution in [0.2, 0.25) is 0 Å². The second-order valence-corrected chi connectivity index (χ2v) is 12.0. The number of fused-ring (bicyclic) bond motifs is 1. The summed E-state index contributed by atoms with van der Waals surface area (Å²) in [7, 11) is -3.91. The van der Waals surface area contributed by atoms with Crippen LogP contribution in [0.3, 0.4) is 0 Å². The Balaban J connectivity index is 1.84. The lowest BCUT2D eigenvalue weighted by molar-refractivity contribution is -0.116. The molecule has 0 saturated carbocycles. The van der Waals surface area contributed by atoms with Gasteiger partial charge in [-0.2, -0.15) is 4.31 Å². The summed E-state index contributed by atoms with van der Waals surface area (Å²) < 4.78 is 38.6. The van der Waals surface area contributed by atoms with Gasteiger partial charge >= 0.3 is 5.97 Å². The van der Waals surface area contributed by atoms with Gasteiger partial charge in [0.2, 0.25) is 15.9 Å². The third-order valence-corrected chi connectivity index (χ3v) is 9.13. The third kappa shape index (κ3) is 6.66. The summed E-state index contributed by atoms with van der Waals surface area (Å²) in [6.07, 6.45) is 3.96. The number of nitrogens with zero attached hydrogens (tertiary/aromatic N) is 1. The lowest BCUT2D eigenvalue weighted by Crippen LogP contribution is -2.38. The zero-order chi connectivity index (χ0) is 26.3. The van der Waals surface area contributed by atoms with Gasteiger partial charge in [-0.1, -0.05) is 20.3 Å². The number of amides is 1. The van der Waals surface area contributed by atoms with Gasteiger partial charge in [0.05, 0.1) is 30.2 Å². The standard InChI is InChI=1S/C26H36N2O6S2/c1-5-8-15-28(36(31,32)20-12-10-19(11-13-20)33-6-2)17-23(29)27-25-24(26(30)34-7-3)21-14-9-18(4)16-22(21)35-25/h10-13,18H,5-9,14-17H2,1-4H3,(H,27,29). The molecule has 0 fully saturated rings. The number of thiophene rings is 1. The van der Waals surface area contributed by atoms with Gasteiger partial charge in [0.25, 0.3) is 0 Å². The number of unbranched alkanes of at least 4 members (excludes halogenated alkanes) is 1. The highest BCUT2D eigenvalue weighted by Gasteiger charge is 2.31. The van der Waals surface area contributed by atoms with Gasteiger partial charge in [-0.3, -0.25) is 4.79 Å². The number of carbonyl (C=O) groups excluding carboxylic acids is 2. The molecule has 1 N–H and O–H groups in total. The number of anilines is 1. The average Bonchev–Trinajstić information content (AvgIpc) is 3.19. The summed E-state index contributed by atoms with van der Waals surface area (Å²) in [5.74, 6) is 0.137. The van der Waals surface area contributed by atoms with Crippen molar-refractivity contribution in [3.63, 3.8) is 0 Å². The van der Waals surface area contributed by atoms with E-state index in [0.29, 0.717) is 35.3 Å². The number of hydrogen-bond acceptors (Lipinski definition) is 7. The van der Waals surface area contributed by atoms with Gasteiger partial charge in [0.15, 0.2) is 0 Å². The number of nitrogens with one attached hydrogen (secondary N) is 1. The molecular formula is C26H36N2O6S2. The van der Waals surface area contributed by atoms with Crippen molar-refractivity contribution in [1.82, 2.24) is 4.31 Å². The van der Waals surface area contributed by atoms with E-state index < -0.39 is 21.9 Å². The van der Waals surface area contributed by atoms with Crippen LogP contribution in [0.1, 0.15) is 67.8 Å². The smallest absolute Gasteiger partial charge is 0.341 e. The van der Waals surface area contributed by atoms with E-state index in [0.717, 1.165) is 36.1 Å². The Morgan fingerprint density at radius 2 is 1.86 bits per heavy atom. The molecule has 0 spiro atoms. The summed E-state index contributed by atoms with van der Waals surface area (Å²) in [4.78, 5) is 27.1. The summed E-state index contributed by atoms with van der Waals surface area (Å²) in [5, 5.41) is 3.27. The maximum atomic E-state index is 13.4. The summed E-state index contributed by atoms with van der Waals surface area (Å²) >= 11 is 1.39. The van der Waals surface area contributed by atoms with E-state index in [1.807, 2.05) is 13.8 Å². The molecule has 1 amide bonds. The summed E-state index contributed by atoms with van der Waals surface area (Å²) in [6, 6.07) is 6.20. The molecule has 0 radical (unpaired) electrons. The van der Waals surface area contributed by atoms with Crippen molar-refractivity contribution in [1.29, 1.82) is 0 Å². The van der Waals surface area contributed by atoms with Gasteiger partial charge in [-0.15, -0.1) is 11.3 Å². The zero-order valence-electron chi connectivity index (χ0n) is 21.5. The maximum Gasteiger partial charge on any atom is 0.341 e. The molecule has 1 heterocycles. The van der Waals surface area contributed by atoms with Crippen molar-refractivity contribution < 1.29 is 27.5 Å². The molecular weight excluding hydrogens is 500 g/mol. The largest absolute Gasteiger partial charge is 0.494 e. The van der Waals surface area contributed by atoms with Gasteiger partial charge < -0.3 is 14.8 Å². The van der Waals surface area contributed by atoms with Gasteiger partial charge in [-0.25, -0.2) is 13.2 Å². The number of esters is 1. The lowest BCUT2D eigenvalue weighted by atomic mass is 9.88. The van der Waals surface area contributed by atoms with Gasteiger partial charge in [-0.05, 0) is 75.3 Å². The molecule has 3 rings (SSSR count). The Kier molecular flexibility index (Phi) is 9.92. The minimum Gasteiger partial charge on any atom is -0.494 e. The molecule has 1 aliphatic carbocycles. The molecule has 36 heavy (non-hydrogen) atoms. The number of sulfonamides is 1. The minimum atomic E-state index is -3.91. The van der Waals surface area contributed by atoms with Crippen LogP contribution in [0.15, 0.2) is 29.2 Å². The molecule has 8 nitrogen and oxygen atoms in total. The molecule has 10 heteroatoms. The first kappa shape index (κ1) is 28.1. The molecule has 1 atom stereocenters. The van der Waals surface area contributed by atoms with Crippen LogP contribution in [-0.4, -0.2) is 50.9 Å². The monoisotopic (exact) mass is 536 g/mol. The lowest BCUT2D eigenvalue weighted by Gasteiger charge is -2.22. The fraction of sp³-hybridized carbons (Fsp3) is 0.538. The predicted octanol–water partition coefficient (Wildman–Crippen LogP) is 4.88. The van der Waals surface area contributed by atoms with Crippen LogP contribution in [0.25, 0.3) is 0 Å². The SMILES string of the molecule is CCCCN(CC(=O)Nc1sc2c(c1C(=O)OCC)CCC(C)C2)S(=O)(=O)c1ccc(OCC)cc1. The van der Waals surface area contributed by atoms with Crippen molar-refractivity contribution in [3.05, 3.63) is 40.3 Å². The first-order valence-electron chi connectivity index (χ1n) is 12.6. The van der Waals surface area contributed by atoms with E-state index in [1.54, 1.807) is 19.1 Å². The average molecular weight is 537 g/mol. The van der Waals surface area contributed by atoms with Crippen molar-refractivity contribution in [2.24, 2.45) is 5.92 Å². The highest BCUT2D eigenvalue weighted by molar-refractivity contribution is 7.89.